The van der Waals surface area contributed by atoms with Crippen molar-refractivity contribution >= 4 is 22.3 Å². The van der Waals surface area contributed by atoms with Gasteiger partial charge in [-0.15, -0.1) is 0 Å². The van der Waals surface area contributed by atoms with Crippen LogP contribution in [0, 0.1) is 0 Å². The largest absolute Gasteiger partial charge is 0.508 e. The van der Waals surface area contributed by atoms with E-state index in [0.29, 0.717) is 12.6 Å². The number of hydrogen-bond acceptors (Lipinski definition) is 7. The molecule has 1 atom stereocenters. The lowest BCUT2D eigenvalue weighted by Gasteiger charge is -2.34. The minimum Gasteiger partial charge on any atom is -0.508 e. The molecule has 2 aromatic carbocycles. The third-order valence-electron chi connectivity index (χ3n) is 6.89. The lowest BCUT2D eigenvalue weighted by Crippen LogP contribution is -2.36. The van der Waals surface area contributed by atoms with E-state index in [1.54, 1.807) is 0 Å². The van der Waals surface area contributed by atoms with Gasteiger partial charge in [0.05, 0.1) is 12.2 Å². The second-order valence-corrected chi connectivity index (χ2v) is 9.88. The number of aromatic nitrogens is 2. The van der Waals surface area contributed by atoms with Crippen molar-refractivity contribution in [1.82, 2.24) is 14.9 Å². The molecule has 7 nitrogen and oxygen atoms in total. The van der Waals surface area contributed by atoms with Crippen LogP contribution in [0.2, 0.25) is 0 Å². The smallest absolute Gasteiger partial charge is 0.318 e. The normalized spacial score (nSPS) is 14.2. The third-order valence-corrected chi connectivity index (χ3v) is 6.89. The number of aromatic hydroxyl groups is 1. The fraction of sp³-hybridized carbons (Fsp3) is 0.517. The fourth-order valence-electron chi connectivity index (χ4n) is 5.09. The van der Waals surface area contributed by atoms with Crippen molar-refractivity contribution in [3.8, 4) is 11.8 Å². The molecule has 3 aromatic rings. The Morgan fingerprint density at radius 1 is 1.08 bits per heavy atom. The second kappa shape index (κ2) is 11.8. The number of likely N-dealkylation sites (N-methyl/N-ethyl adjacent to an activating group) is 1. The van der Waals surface area contributed by atoms with Crippen LogP contribution in [0.25, 0.3) is 10.8 Å². The summed E-state index contributed by atoms with van der Waals surface area (Å²) in [7, 11) is 2.10. The van der Waals surface area contributed by atoms with E-state index in [1.807, 2.05) is 24.3 Å². The molecule has 0 bridgehead atoms. The van der Waals surface area contributed by atoms with Gasteiger partial charge >= 0.3 is 6.01 Å². The zero-order valence-corrected chi connectivity index (χ0v) is 22.5. The Bertz CT molecular complexity index is 1160. The van der Waals surface area contributed by atoms with Crippen molar-refractivity contribution < 1.29 is 9.84 Å². The molecule has 0 radical (unpaired) electrons. The van der Waals surface area contributed by atoms with Crippen LogP contribution in [-0.4, -0.2) is 65.8 Å². The van der Waals surface area contributed by atoms with Gasteiger partial charge in [-0.25, -0.2) is 0 Å². The Balaban J connectivity index is 1.72. The molecule has 0 saturated heterocycles. The molecule has 36 heavy (non-hydrogen) atoms. The minimum absolute atomic E-state index is 0.0126. The predicted octanol–water partition coefficient (Wildman–Crippen LogP) is 5.24. The number of phenols is 1. The van der Waals surface area contributed by atoms with Crippen molar-refractivity contribution in [3.63, 3.8) is 0 Å². The molecule has 0 unspecified atom stereocenters. The first kappa shape index (κ1) is 26.0. The Morgan fingerprint density at radius 2 is 1.83 bits per heavy atom. The molecule has 1 N–H and O–H groups in total. The van der Waals surface area contributed by atoms with E-state index in [4.69, 9.17) is 14.7 Å². The molecule has 1 aliphatic heterocycles. The maximum Gasteiger partial charge on any atom is 0.318 e. The van der Waals surface area contributed by atoms with E-state index >= 15 is 0 Å². The third kappa shape index (κ3) is 5.84. The maximum atomic E-state index is 10.4. The molecular formula is C29H41N5O2. The molecule has 4 rings (SSSR count). The van der Waals surface area contributed by atoms with Gasteiger partial charge in [-0.2, -0.15) is 9.97 Å². The number of hydrogen-bond donors (Lipinski definition) is 1. The average molecular weight is 492 g/mol. The molecule has 0 aliphatic carbocycles. The van der Waals surface area contributed by atoms with Gasteiger partial charge in [-0.1, -0.05) is 45.0 Å². The molecule has 7 heteroatoms. The standard InChI is InChI=1S/C29H41N5O2/c1-6-14-33(15-7-2)28-25-13-16-34(27-18-23(35)17-22-11-9-10-12-24(22)27)20-26(25)30-29(31-28)36-21(4)19-32(5)8-3/h9-12,17-18,21,35H,6-8,13-16,19-20H2,1-5H3/t21-/m1/s1. The zero-order valence-electron chi connectivity index (χ0n) is 22.5. The molecular weight excluding hydrogens is 450 g/mol. The van der Waals surface area contributed by atoms with Gasteiger partial charge in [0, 0.05) is 48.9 Å². The Labute approximate surface area is 215 Å². The van der Waals surface area contributed by atoms with Crippen molar-refractivity contribution in [3.05, 3.63) is 47.7 Å². The molecule has 0 fully saturated rings. The first-order valence-corrected chi connectivity index (χ1v) is 13.4. The summed E-state index contributed by atoms with van der Waals surface area (Å²) in [5, 5.41) is 12.6. The van der Waals surface area contributed by atoms with E-state index in [2.05, 4.69) is 61.6 Å². The molecule has 194 valence electrons. The van der Waals surface area contributed by atoms with Gasteiger partial charge in [0.2, 0.25) is 0 Å². The average Bonchev–Trinajstić information content (AvgIpc) is 2.87. The lowest BCUT2D eigenvalue weighted by atomic mass is 10.0. The van der Waals surface area contributed by atoms with Crippen LogP contribution in [0.4, 0.5) is 11.5 Å². The van der Waals surface area contributed by atoms with E-state index in [-0.39, 0.29) is 11.9 Å². The highest BCUT2D eigenvalue weighted by Crippen LogP contribution is 2.36. The summed E-state index contributed by atoms with van der Waals surface area (Å²) >= 11 is 0. The first-order chi connectivity index (χ1) is 17.4. The SMILES string of the molecule is CCCN(CCC)c1nc(O[C@H](C)CN(C)CC)nc2c1CCN(c1cc(O)cc3ccccc13)C2. The van der Waals surface area contributed by atoms with Gasteiger partial charge in [0.1, 0.15) is 17.7 Å². The first-order valence-electron chi connectivity index (χ1n) is 13.4. The molecule has 2 heterocycles. The summed E-state index contributed by atoms with van der Waals surface area (Å²) in [4.78, 5) is 16.9. The minimum atomic E-state index is -0.0126. The lowest BCUT2D eigenvalue weighted by molar-refractivity contribution is 0.153. The van der Waals surface area contributed by atoms with Crippen LogP contribution in [0.5, 0.6) is 11.8 Å². The molecule has 0 saturated carbocycles. The maximum absolute atomic E-state index is 10.4. The van der Waals surface area contributed by atoms with Crippen molar-refractivity contribution in [2.45, 2.75) is 59.6 Å². The summed E-state index contributed by atoms with van der Waals surface area (Å²) in [6.45, 7) is 13.9. The topological polar surface area (TPSA) is 65.0 Å². The van der Waals surface area contributed by atoms with Crippen molar-refractivity contribution in [1.29, 1.82) is 0 Å². The Morgan fingerprint density at radius 3 is 2.56 bits per heavy atom. The van der Waals surface area contributed by atoms with E-state index in [9.17, 15) is 5.11 Å². The van der Waals surface area contributed by atoms with E-state index in [1.165, 1.54) is 5.56 Å². The second-order valence-electron chi connectivity index (χ2n) is 9.88. The monoisotopic (exact) mass is 491 g/mol. The number of rotatable bonds is 11. The number of anilines is 2. The van der Waals surface area contributed by atoms with Crippen molar-refractivity contribution in [2.75, 3.05) is 49.6 Å². The summed E-state index contributed by atoms with van der Waals surface area (Å²) in [6, 6.07) is 12.4. The number of ether oxygens (including phenoxy) is 1. The van der Waals surface area contributed by atoms with Crippen LogP contribution in [0.1, 0.15) is 51.8 Å². The number of fused-ring (bicyclic) bond motifs is 2. The van der Waals surface area contributed by atoms with Crippen LogP contribution in [-0.2, 0) is 13.0 Å². The van der Waals surface area contributed by atoms with Crippen molar-refractivity contribution in [2.24, 2.45) is 0 Å². The fourth-order valence-corrected chi connectivity index (χ4v) is 5.09. The highest BCUT2D eigenvalue weighted by molar-refractivity contribution is 5.95. The van der Waals surface area contributed by atoms with Crippen LogP contribution in [0.15, 0.2) is 36.4 Å². The van der Waals surface area contributed by atoms with E-state index in [0.717, 1.165) is 80.0 Å². The summed E-state index contributed by atoms with van der Waals surface area (Å²) < 4.78 is 6.28. The van der Waals surface area contributed by atoms with Crippen LogP contribution in [0.3, 0.4) is 0 Å². The van der Waals surface area contributed by atoms with Gasteiger partial charge in [-0.05, 0) is 51.2 Å². The Kier molecular flexibility index (Phi) is 8.52. The molecule has 1 aromatic heterocycles. The zero-order chi connectivity index (χ0) is 25.7. The van der Waals surface area contributed by atoms with Gasteiger partial charge in [0.15, 0.2) is 0 Å². The predicted molar refractivity (Wildman–Crippen MR) is 148 cm³/mol. The van der Waals surface area contributed by atoms with Gasteiger partial charge in [-0.3, -0.25) is 0 Å². The number of nitrogens with zero attached hydrogens (tertiary/aromatic N) is 5. The summed E-state index contributed by atoms with van der Waals surface area (Å²) in [5.41, 5.74) is 3.28. The summed E-state index contributed by atoms with van der Waals surface area (Å²) in [6.07, 6.45) is 2.97. The molecule has 1 aliphatic rings. The number of phenolic OH excluding ortho intramolecular Hbond substituents is 1. The van der Waals surface area contributed by atoms with E-state index < -0.39 is 0 Å². The quantitative estimate of drug-likeness (QED) is 0.393. The number of benzene rings is 2. The highest BCUT2D eigenvalue weighted by Gasteiger charge is 2.27. The molecule has 0 amide bonds. The summed E-state index contributed by atoms with van der Waals surface area (Å²) in [5.74, 6) is 1.31. The Hall–Kier alpha value is -3.06. The van der Waals surface area contributed by atoms with Gasteiger partial charge in [0.25, 0.3) is 0 Å². The van der Waals surface area contributed by atoms with Gasteiger partial charge < -0.3 is 24.5 Å². The highest BCUT2D eigenvalue weighted by atomic mass is 16.5. The molecule has 0 spiro atoms. The van der Waals surface area contributed by atoms with Crippen LogP contribution < -0.4 is 14.5 Å². The van der Waals surface area contributed by atoms with Crippen LogP contribution >= 0.6 is 0 Å².